The molecule has 0 atom stereocenters. The van der Waals surface area contributed by atoms with E-state index in [1.165, 1.54) is 10.6 Å². The Labute approximate surface area is 105 Å². The predicted molar refractivity (Wildman–Crippen MR) is 71.2 cm³/mol. The molecule has 18 heavy (non-hydrogen) atoms. The molecular weight excluding hydrogens is 231 g/mol. The number of hydrogen-bond acceptors (Lipinski definition) is 2. The van der Waals surface area contributed by atoms with Crippen LogP contribution in [-0.4, -0.2) is 11.1 Å². The van der Waals surface area contributed by atoms with Gasteiger partial charge < -0.3 is 10.3 Å². The van der Waals surface area contributed by atoms with Gasteiger partial charge in [0.2, 0.25) is 0 Å². The van der Waals surface area contributed by atoms with Gasteiger partial charge in [-0.3, -0.25) is 4.79 Å². The molecule has 0 amide bonds. The Morgan fingerprint density at radius 2 is 2.06 bits per heavy atom. The number of nitrogens with zero attached hydrogens (tertiary/aromatic N) is 1. The van der Waals surface area contributed by atoms with Crippen LogP contribution in [-0.2, 0) is 12.5 Å². The van der Waals surface area contributed by atoms with E-state index in [1.54, 1.807) is 25.2 Å². The maximum absolute atomic E-state index is 13.8. The third-order valence-corrected chi connectivity index (χ3v) is 3.43. The normalized spacial score (nSPS) is 12.1. The highest BCUT2D eigenvalue weighted by molar-refractivity contribution is 5.80. The van der Waals surface area contributed by atoms with Crippen molar-refractivity contribution < 1.29 is 4.39 Å². The number of rotatable bonds is 2. The van der Waals surface area contributed by atoms with Gasteiger partial charge in [0.15, 0.2) is 0 Å². The van der Waals surface area contributed by atoms with Crippen LogP contribution in [0.1, 0.15) is 19.4 Å². The number of hydrogen-bond donors (Lipinski definition) is 1. The predicted octanol–water partition coefficient (Wildman–Crippen LogP) is 1.91. The lowest BCUT2D eigenvalue weighted by atomic mass is 9.85. The van der Waals surface area contributed by atoms with E-state index in [9.17, 15) is 9.18 Å². The molecule has 96 valence electrons. The van der Waals surface area contributed by atoms with Crippen LogP contribution in [0.2, 0.25) is 0 Å². The summed E-state index contributed by atoms with van der Waals surface area (Å²) in [7, 11) is 1.59. The number of benzene rings is 1. The molecule has 1 aromatic carbocycles. The highest BCUT2D eigenvalue weighted by Gasteiger charge is 2.24. The van der Waals surface area contributed by atoms with Gasteiger partial charge in [-0.1, -0.05) is 26.0 Å². The number of fused-ring (bicyclic) bond motifs is 1. The number of aromatic nitrogens is 1. The fourth-order valence-electron chi connectivity index (χ4n) is 2.10. The van der Waals surface area contributed by atoms with Gasteiger partial charge in [-0.15, -0.1) is 0 Å². The Bertz CT molecular complexity index is 659. The third kappa shape index (κ3) is 1.82. The van der Waals surface area contributed by atoms with Crippen molar-refractivity contribution in [1.29, 1.82) is 0 Å². The van der Waals surface area contributed by atoms with E-state index in [0.717, 1.165) is 0 Å². The molecule has 2 N–H and O–H groups in total. The van der Waals surface area contributed by atoms with Crippen molar-refractivity contribution in [2.45, 2.75) is 19.3 Å². The van der Waals surface area contributed by atoms with Gasteiger partial charge >= 0.3 is 0 Å². The molecule has 0 aliphatic heterocycles. The van der Waals surface area contributed by atoms with Crippen molar-refractivity contribution in [3.8, 4) is 0 Å². The Kier molecular flexibility index (Phi) is 2.99. The van der Waals surface area contributed by atoms with Crippen LogP contribution < -0.4 is 11.3 Å². The molecule has 0 bridgehead atoms. The molecule has 0 radical (unpaired) electrons. The van der Waals surface area contributed by atoms with Crippen molar-refractivity contribution in [3.63, 3.8) is 0 Å². The number of nitrogens with two attached hydrogens (primary N) is 1. The van der Waals surface area contributed by atoms with Crippen LogP contribution >= 0.6 is 0 Å². The molecule has 3 nitrogen and oxygen atoms in total. The summed E-state index contributed by atoms with van der Waals surface area (Å²) in [5, 5.41) is 0.716. The zero-order valence-electron chi connectivity index (χ0n) is 10.8. The summed E-state index contributed by atoms with van der Waals surface area (Å²) in [5.41, 5.74) is 6.04. The van der Waals surface area contributed by atoms with Crippen molar-refractivity contribution >= 4 is 10.9 Å². The van der Waals surface area contributed by atoms with Gasteiger partial charge in [0, 0.05) is 30.0 Å². The molecule has 0 saturated carbocycles. The van der Waals surface area contributed by atoms with Crippen LogP contribution in [0, 0.1) is 5.82 Å². The van der Waals surface area contributed by atoms with E-state index in [0.29, 0.717) is 23.0 Å². The standard InChI is InChI=1S/C14H17FN2O/c1-14(2,8-16)10-7-9-5-4-6-11(15)12(9)17(3)13(10)18/h4-7H,8,16H2,1-3H3. The van der Waals surface area contributed by atoms with E-state index in [2.05, 4.69) is 0 Å². The second-order valence-electron chi connectivity index (χ2n) is 5.19. The second kappa shape index (κ2) is 4.21. The Morgan fingerprint density at radius 3 is 2.67 bits per heavy atom. The molecule has 0 aliphatic rings. The van der Waals surface area contributed by atoms with Crippen LogP contribution in [0.4, 0.5) is 4.39 Å². The van der Waals surface area contributed by atoms with Gasteiger partial charge in [-0.2, -0.15) is 0 Å². The molecule has 2 rings (SSSR count). The lowest BCUT2D eigenvalue weighted by Crippen LogP contribution is -2.36. The van der Waals surface area contributed by atoms with Crippen LogP contribution in [0.3, 0.4) is 0 Å². The van der Waals surface area contributed by atoms with Crippen LogP contribution in [0.15, 0.2) is 29.1 Å². The topological polar surface area (TPSA) is 48.0 Å². The first-order chi connectivity index (χ1) is 8.38. The number of pyridine rings is 1. The molecule has 4 heteroatoms. The molecule has 0 aliphatic carbocycles. The summed E-state index contributed by atoms with van der Waals surface area (Å²) in [6.07, 6.45) is 0. The van der Waals surface area contributed by atoms with E-state index < -0.39 is 5.41 Å². The van der Waals surface area contributed by atoms with Crippen LogP contribution in [0.25, 0.3) is 10.9 Å². The SMILES string of the molecule is Cn1c(=O)c(C(C)(C)CN)cc2cccc(F)c21. The maximum Gasteiger partial charge on any atom is 0.254 e. The summed E-state index contributed by atoms with van der Waals surface area (Å²) in [6, 6.07) is 6.54. The summed E-state index contributed by atoms with van der Waals surface area (Å²) in [5.74, 6) is -0.385. The first kappa shape index (κ1) is 12.8. The molecular formula is C14H17FN2O. The lowest BCUT2D eigenvalue weighted by Gasteiger charge is -2.23. The second-order valence-corrected chi connectivity index (χ2v) is 5.19. The van der Waals surface area contributed by atoms with Gasteiger partial charge in [-0.05, 0) is 12.1 Å². The average molecular weight is 248 g/mol. The highest BCUT2D eigenvalue weighted by Crippen LogP contribution is 2.23. The quantitative estimate of drug-likeness (QED) is 0.882. The summed E-state index contributed by atoms with van der Waals surface area (Å²) >= 11 is 0. The molecule has 0 fully saturated rings. The first-order valence-electron chi connectivity index (χ1n) is 5.87. The Morgan fingerprint density at radius 1 is 1.39 bits per heavy atom. The molecule has 1 heterocycles. The number of aryl methyl sites for hydroxylation is 1. The minimum absolute atomic E-state index is 0.192. The smallest absolute Gasteiger partial charge is 0.254 e. The first-order valence-corrected chi connectivity index (χ1v) is 5.87. The van der Waals surface area contributed by atoms with E-state index >= 15 is 0 Å². The summed E-state index contributed by atoms with van der Waals surface area (Å²) in [6.45, 7) is 4.19. The molecule has 1 aromatic heterocycles. The summed E-state index contributed by atoms with van der Waals surface area (Å²) < 4.78 is 15.1. The zero-order chi connectivity index (χ0) is 13.5. The number of para-hydroxylation sites is 1. The average Bonchev–Trinajstić information content (AvgIpc) is 2.33. The van der Waals surface area contributed by atoms with Gasteiger partial charge in [-0.25, -0.2) is 4.39 Å². The van der Waals surface area contributed by atoms with Crippen molar-refractivity contribution in [2.75, 3.05) is 6.54 Å². The maximum atomic E-state index is 13.8. The monoisotopic (exact) mass is 248 g/mol. The van der Waals surface area contributed by atoms with E-state index in [1.807, 2.05) is 13.8 Å². The lowest BCUT2D eigenvalue weighted by molar-refractivity contribution is 0.528. The number of halogens is 1. The van der Waals surface area contributed by atoms with Gasteiger partial charge in [0.05, 0.1) is 5.52 Å². The Hall–Kier alpha value is -1.68. The minimum Gasteiger partial charge on any atom is -0.330 e. The zero-order valence-corrected chi connectivity index (χ0v) is 10.8. The van der Waals surface area contributed by atoms with Crippen LogP contribution in [0.5, 0.6) is 0 Å². The fraction of sp³-hybridized carbons (Fsp3) is 0.357. The van der Waals surface area contributed by atoms with E-state index in [-0.39, 0.29) is 11.4 Å². The highest BCUT2D eigenvalue weighted by atomic mass is 19.1. The molecule has 2 aromatic rings. The largest absolute Gasteiger partial charge is 0.330 e. The van der Waals surface area contributed by atoms with Crippen molar-refractivity contribution in [3.05, 3.63) is 46.0 Å². The van der Waals surface area contributed by atoms with Crippen molar-refractivity contribution in [2.24, 2.45) is 12.8 Å². The van der Waals surface area contributed by atoms with E-state index in [4.69, 9.17) is 5.73 Å². The minimum atomic E-state index is -0.421. The van der Waals surface area contributed by atoms with Gasteiger partial charge in [0.25, 0.3) is 5.56 Å². The Balaban J connectivity index is 2.89. The van der Waals surface area contributed by atoms with Gasteiger partial charge in [0.1, 0.15) is 5.82 Å². The summed E-state index contributed by atoms with van der Waals surface area (Å²) in [4.78, 5) is 12.3. The van der Waals surface area contributed by atoms with Crippen molar-refractivity contribution in [1.82, 2.24) is 4.57 Å². The third-order valence-electron chi connectivity index (χ3n) is 3.43. The molecule has 0 unspecified atom stereocenters. The molecule has 0 saturated heterocycles. The fourth-order valence-corrected chi connectivity index (χ4v) is 2.10. The molecule has 0 spiro atoms.